The first kappa shape index (κ1) is 31.6. The van der Waals surface area contributed by atoms with E-state index in [1.807, 2.05) is 116 Å². The van der Waals surface area contributed by atoms with Gasteiger partial charge in [0.25, 0.3) is 5.91 Å². The molecule has 0 spiro atoms. The lowest BCUT2D eigenvalue weighted by Gasteiger charge is -2.28. The highest BCUT2D eigenvalue weighted by atomic mass is 16.3. The molecule has 238 valence electrons. The molecule has 2 amide bonds. The first-order chi connectivity index (χ1) is 22.9. The van der Waals surface area contributed by atoms with E-state index in [0.717, 1.165) is 17.5 Å². The quantitative estimate of drug-likeness (QED) is 0.128. The highest BCUT2D eigenvalue weighted by Gasteiger charge is 2.52. The summed E-state index contributed by atoms with van der Waals surface area (Å²) in [6, 6.07) is 33.9. The summed E-state index contributed by atoms with van der Waals surface area (Å²) >= 11 is 0. The maximum atomic E-state index is 14.1. The summed E-state index contributed by atoms with van der Waals surface area (Å²) in [6.45, 7) is 2.58. The van der Waals surface area contributed by atoms with Crippen LogP contribution in [0, 0.1) is 5.92 Å². The first-order valence-corrected chi connectivity index (χ1v) is 15.7. The Kier molecular flexibility index (Phi) is 9.37. The van der Waals surface area contributed by atoms with Crippen LogP contribution in [0.4, 0.5) is 17.1 Å². The van der Waals surface area contributed by atoms with Gasteiger partial charge in [0.1, 0.15) is 0 Å². The molecule has 3 atom stereocenters. The van der Waals surface area contributed by atoms with E-state index < -0.39 is 17.4 Å². The summed E-state index contributed by atoms with van der Waals surface area (Å²) in [5.74, 6) is -1.27. The lowest BCUT2D eigenvalue weighted by Crippen LogP contribution is -2.44. The van der Waals surface area contributed by atoms with Gasteiger partial charge in [-0.05, 0) is 47.9 Å². The maximum Gasteiger partial charge on any atom is 0.264 e. The molecule has 2 N–H and O–H groups in total. The fourth-order valence-electron chi connectivity index (χ4n) is 6.15. The van der Waals surface area contributed by atoms with E-state index in [4.69, 9.17) is 0 Å². The van der Waals surface area contributed by atoms with E-state index in [-0.39, 0.29) is 12.5 Å². The number of aryl methyl sites for hydroxylation is 1. The number of hydrogen-bond acceptors (Lipinski definition) is 6. The summed E-state index contributed by atoms with van der Waals surface area (Å²) in [4.78, 5) is 29.5. The number of amides is 2. The van der Waals surface area contributed by atoms with Crippen molar-refractivity contribution in [2.24, 2.45) is 5.92 Å². The van der Waals surface area contributed by atoms with Gasteiger partial charge < -0.3 is 15.1 Å². The number of allylic oxidation sites excluding steroid dienone is 1. The van der Waals surface area contributed by atoms with Crippen molar-refractivity contribution in [2.45, 2.75) is 38.0 Å². The molecule has 1 unspecified atom stereocenters. The number of fused-ring (bicyclic) bond motifs is 1. The number of anilines is 3. The normalized spacial score (nSPS) is 17.1. The van der Waals surface area contributed by atoms with Gasteiger partial charge in [0, 0.05) is 35.6 Å². The van der Waals surface area contributed by atoms with Crippen molar-refractivity contribution in [2.75, 3.05) is 16.4 Å². The van der Waals surface area contributed by atoms with Gasteiger partial charge in [-0.2, -0.15) is 0 Å². The second-order valence-electron chi connectivity index (χ2n) is 11.7. The van der Waals surface area contributed by atoms with E-state index in [1.165, 1.54) is 4.90 Å². The molecule has 1 aliphatic rings. The van der Waals surface area contributed by atoms with Crippen LogP contribution in [-0.2, 0) is 28.3 Å². The summed E-state index contributed by atoms with van der Waals surface area (Å²) in [5.41, 5.74) is 3.02. The molecule has 2 heterocycles. The molecule has 4 aromatic carbocycles. The molecule has 9 heteroatoms. The molecule has 1 aromatic heterocycles. The number of carbonyl (C=O) groups is 2. The van der Waals surface area contributed by atoms with Gasteiger partial charge in [0.05, 0.1) is 30.5 Å². The van der Waals surface area contributed by atoms with Gasteiger partial charge in [-0.3, -0.25) is 19.2 Å². The van der Waals surface area contributed by atoms with E-state index in [9.17, 15) is 19.8 Å². The highest BCUT2D eigenvalue weighted by molar-refractivity contribution is 6.08. The fourth-order valence-corrected chi connectivity index (χ4v) is 6.15. The lowest BCUT2D eigenvalue weighted by atomic mass is 9.82. The van der Waals surface area contributed by atoms with Crippen LogP contribution in [0.15, 0.2) is 128 Å². The summed E-state index contributed by atoms with van der Waals surface area (Å²) < 4.78 is 1.73. The van der Waals surface area contributed by atoms with Crippen LogP contribution < -0.4 is 9.80 Å². The number of aliphatic hydroxyl groups is 2. The number of hydrogen-bond donors (Lipinski definition) is 2. The molecule has 1 aliphatic heterocycles. The molecule has 0 saturated heterocycles. The van der Waals surface area contributed by atoms with Crippen molar-refractivity contribution < 1.29 is 19.8 Å². The van der Waals surface area contributed by atoms with Crippen LogP contribution in [-0.4, -0.2) is 44.1 Å². The minimum atomic E-state index is -1.85. The standard InChI is InChI=1S/C38H37N5O4/c1-28(13-11-12-22-41-25-35(39-40-41)33(26-44)30-16-7-3-8-17-30)38(47)34-23-32(43(27-45)31-18-9-4-10-19-31)20-21-36(34)42(37(38)46)24-29-14-5-2-6-15-29/h2-11,13-21,23,25,27-28,33,44,47H,12,22,24,26H2,1H3/b13-11+/t28-,33?,38+/m0/s1. The third-order valence-electron chi connectivity index (χ3n) is 8.76. The SMILES string of the molecule is C[C@@H](/C=C/CCn1cc(C(CO)c2ccccc2)nn1)[C@]1(O)C(=O)N(Cc2ccccc2)c2ccc(N(C=O)c3ccccc3)cc21. The molecule has 0 aliphatic carbocycles. The largest absolute Gasteiger partial charge is 0.395 e. The molecule has 6 rings (SSSR count). The molecule has 0 radical (unpaired) electrons. The molecule has 9 nitrogen and oxygen atoms in total. The Balaban J connectivity index is 1.24. The number of nitrogens with zero attached hydrogens (tertiary/aromatic N) is 5. The zero-order chi connectivity index (χ0) is 32.8. The summed E-state index contributed by atoms with van der Waals surface area (Å²) in [5, 5.41) is 30.8. The molecule has 47 heavy (non-hydrogen) atoms. The first-order valence-electron chi connectivity index (χ1n) is 15.7. The zero-order valence-electron chi connectivity index (χ0n) is 26.1. The van der Waals surface area contributed by atoms with E-state index in [0.29, 0.717) is 47.8 Å². The maximum absolute atomic E-state index is 14.1. The fraction of sp³-hybridized carbons (Fsp3) is 0.211. The van der Waals surface area contributed by atoms with Crippen molar-refractivity contribution >= 4 is 29.4 Å². The van der Waals surface area contributed by atoms with E-state index in [1.54, 1.807) is 27.8 Å². The van der Waals surface area contributed by atoms with Crippen LogP contribution in [0.25, 0.3) is 0 Å². The van der Waals surface area contributed by atoms with Gasteiger partial charge in [-0.25, -0.2) is 0 Å². The molecule has 5 aromatic rings. The van der Waals surface area contributed by atoms with Crippen LogP contribution in [0.3, 0.4) is 0 Å². The van der Waals surface area contributed by atoms with Gasteiger partial charge in [-0.15, -0.1) is 5.10 Å². The minimum Gasteiger partial charge on any atom is -0.395 e. The highest BCUT2D eigenvalue weighted by Crippen LogP contribution is 2.47. The average molecular weight is 628 g/mol. The Morgan fingerprint density at radius 2 is 1.60 bits per heavy atom. The smallest absolute Gasteiger partial charge is 0.264 e. The third-order valence-corrected chi connectivity index (χ3v) is 8.76. The monoisotopic (exact) mass is 627 g/mol. The van der Waals surface area contributed by atoms with Crippen LogP contribution in [0.1, 0.15) is 41.6 Å². The average Bonchev–Trinajstić information content (AvgIpc) is 3.66. The van der Waals surface area contributed by atoms with Gasteiger partial charge in [0.15, 0.2) is 5.60 Å². The predicted octanol–water partition coefficient (Wildman–Crippen LogP) is 5.71. The number of para-hydroxylation sites is 1. The zero-order valence-corrected chi connectivity index (χ0v) is 26.1. The second kappa shape index (κ2) is 13.9. The summed E-state index contributed by atoms with van der Waals surface area (Å²) in [7, 11) is 0. The van der Waals surface area contributed by atoms with Crippen molar-refractivity contribution in [1.82, 2.24) is 15.0 Å². The number of aliphatic hydroxyl groups excluding tert-OH is 1. The number of carbonyl (C=O) groups excluding carboxylic acids is 2. The van der Waals surface area contributed by atoms with Gasteiger partial charge >= 0.3 is 0 Å². The van der Waals surface area contributed by atoms with Gasteiger partial charge in [-0.1, -0.05) is 103 Å². The molecule has 0 fully saturated rings. The predicted molar refractivity (Wildman–Crippen MR) is 181 cm³/mol. The number of aromatic nitrogens is 3. The van der Waals surface area contributed by atoms with Crippen molar-refractivity contribution in [1.29, 1.82) is 0 Å². The van der Waals surface area contributed by atoms with Crippen molar-refractivity contribution in [3.63, 3.8) is 0 Å². The topological polar surface area (TPSA) is 112 Å². The van der Waals surface area contributed by atoms with Gasteiger partial charge in [0.2, 0.25) is 6.41 Å². The summed E-state index contributed by atoms with van der Waals surface area (Å²) in [6.07, 6.45) is 6.94. The minimum absolute atomic E-state index is 0.0762. The van der Waals surface area contributed by atoms with E-state index >= 15 is 0 Å². The Morgan fingerprint density at radius 3 is 2.28 bits per heavy atom. The lowest BCUT2D eigenvalue weighted by molar-refractivity contribution is -0.139. The van der Waals surface area contributed by atoms with Crippen molar-refractivity contribution in [3.8, 4) is 0 Å². The van der Waals surface area contributed by atoms with Crippen LogP contribution in [0.5, 0.6) is 0 Å². The van der Waals surface area contributed by atoms with Crippen LogP contribution in [0.2, 0.25) is 0 Å². The second-order valence-corrected chi connectivity index (χ2v) is 11.7. The van der Waals surface area contributed by atoms with Crippen LogP contribution >= 0.6 is 0 Å². The Bertz CT molecular complexity index is 1840. The van der Waals surface area contributed by atoms with E-state index in [2.05, 4.69) is 10.3 Å². The third kappa shape index (κ3) is 6.36. The Morgan fingerprint density at radius 1 is 0.915 bits per heavy atom. The Labute approximate surface area is 274 Å². The number of benzene rings is 4. The number of rotatable bonds is 13. The molecule has 0 bridgehead atoms. The van der Waals surface area contributed by atoms with Crippen molar-refractivity contribution in [3.05, 3.63) is 150 Å². The molecular formula is C38H37N5O4. The molecular weight excluding hydrogens is 590 g/mol. The molecule has 0 saturated carbocycles. The Hall–Kier alpha value is -5.38.